The molecule has 2 aromatic carbocycles. The summed E-state index contributed by atoms with van der Waals surface area (Å²) in [5.41, 5.74) is 1.86. The molecule has 0 radical (unpaired) electrons. The van der Waals surface area contributed by atoms with Crippen LogP contribution in [0.3, 0.4) is 0 Å². The Hall–Kier alpha value is -4.96. The molecule has 2 aromatic heterocycles. The van der Waals surface area contributed by atoms with Crippen LogP contribution in [0.5, 0.6) is 0 Å². The van der Waals surface area contributed by atoms with Gasteiger partial charge in [-0.2, -0.15) is 0 Å². The first-order valence-electron chi connectivity index (χ1n) is 37.9. The van der Waals surface area contributed by atoms with Crippen LogP contribution in [-0.2, 0) is 109 Å². The molecule has 32 heterocycles. The highest BCUT2D eigenvalue weighted by Crippen LogP contribution is 2.40. The van der Waals surface area contributed by atoms with Gasteiger partial charge in [-0.3, -0.25) is 0 Å². The number of rotatable bonds is 12. The monoisotopic (exact) mass is 1760 g/mol. The highest BCUT2D eigenvalue weighted by Gasteiger charge is 2.61. The van der Waals surface area contributed by atoms with E-state index in [9.17, 15) is 138 Å². The molecule has 40 atom stereocenters. The average Bonchev–Trinajstić information content (AvgIpc) is 0.773. The molecule has 34 rings (SSSR count). The van der Waals surface area contributed by atoms with E-state index in [1.54, 1.807) is 85.5 Å². The maximum atomic E-state index is 11.9. The predicted molar refractivity (Wildman–Crippen MR) is 378 cm³/mol. The van der Waals surface area contributed by atoms with Crippen LogP contribution in [0.2, 0.25) is 0 Å². The number of hydrogen-bond acceptors (Lipinski definition) is 44. The number of aryl methyl sites for hydroxylation is 2. The van der Waals surface area contributed by atoms with E-state index in [4.69, 9.17) is 75.8 Å². The van der Waals surface area contributed by atoms with Crippen LogP contribution in [0.4, 0.5) is 0 Å². The van der Waals surface area contributed by atoms with E-state index in [0.29, 0.717) is 0 Å². The smallest absolute Gasteiger partial charge is 0.187 e. The van der Waals surface area contributed by atoms with Crippen LogP contribution in [-0.4, -0.2) is 424 Å². The van der Waals surface area contributed by atoms with Crippen LogP contribution in [0.15, 0.2) is 120 Å². The number of benzene rings is 2. The molecule has 16 bridgehead atoms. The summed E-state index contributed by atoms with van der Waals surface area (Å²) in [6.07, 6.45) is -73.5. The first-order chi connectivity index (χ1) is 56.9. The third-order valence-corrected chi connectivity index (χ3v) is 23.2. The van der Waals surface area contributed by atoms with E-state index in [0.717, 1.165) is 11.1 Å². The summed E-state index contributed by atoms with van der Waals surface area (Å²) < 4.78 is 160. The van der Waals surface area contributed by atoms with E-state index in [-0.39, 0.29) is 22.9 Å². The fraction of sp³-hybridized carbons (Fsp3) is 0.694. The Labute approximate surface area is 683 Å². The maximum absolute atomic E-state index is 11.9. The summed E-state index contributed by atoms with van der Waals surface area (Å²) in [6, 6.07) is 21.4. The van der Waals surface area contributed by atoms with Gasteiger partial charge in [0.1, 0.15) is 216 Å². The summed E-state index contributed by atoms with van der Waals surface area (Å²) in [7, 11) is -8.54. The lowest BCUT2D eigenvalue weighted by Gasteiger charge is -2.50. The Morgan fingerprint density at radius 1 is 0.250 bits per heavy atom. The second-order valence-electron chi connectivity index (χ2n) is 29.8. The van der Waals surface area contributed by atoms with E-state index >= 15 is 0 Å². The second kappa shape index (κ2) is 41.7. The van der Waals surface area contributed by atoms with Gasteiger partial charge >= 0.3 is 0 Å². The zero-order valence-electron chi connectivity index (χ0n) is 63.7. The molecule has 4 aromatic rings. The Kier molecular flexibility index (Phi) is 33.2. The van der Waals surface area contributed by atoms with Crippen molar-refractivity contribution in [3.63, 3.8) is 0 Å². The minimum absolute atomic E-state index is 0.178. The van der Waals surface area contributed by atoms with Crippen molar-refractivity contribution in [2.24, 2.45) is 0 Å². The molecule has 0 unspecified atom stereocenters. The van der Waals surface area contributed by atoms with Gasteiger partial charge in [-0.15, -0.1) is 0 Å². The van der Waals surface area contributed by atoms with Gasteiger partial charge in [-0.25, -0.2) is 26.0 Å². The number of pyridine rings is 2. The number of aliphatic hydroxyl groups is 22. The van der Waals surface area contributed by atoms with E-state index < -0.39 is 306 Å². The van der Waals surface area contributed by atoms with E-state index in [1.807, 2.05) is 13.8 Å². The van der Waals surface area contributed by atoms with E-state index in [1.165, 1.54) is 33.4 Å². The van der Waals surface area contributed by atoms with Crippen molar-refractivity contribution in [2.45, 2.75) is 282 Å². The molecule has 0 saturated carbocycles. The van der Waals surface area contributed by atoms with Crippen molar-refractivity contribution in [3.8, 4) is 0 Å². The minimum atomic E-state index is -4.27. The molecular formula is C72H102N2O44S2. The molecule has 0 spiro atoms. The number of aromatic nitrogens is 2. The number of nitrogens with zero attached hydrogens (tertiary/aromatic N) is 2. The van der Waals surface area contributed by atoms with Crippen LogP contribution >= 0.6 is 0 Å². The summed E-state index contributed by atoms with van der Waals surface area (Å²) in [6.45, 7) is -3.21. The zero-order chi connectivity index (χ0) is 87.3. The second-order valence-corrected chi connectivity index (χ2v) is 32.5. The molecular weight excluding hydrogens is 1660 g/mol. The molecule has 30 saturated heterocycles. The van der Waals surface area contributed by atoms with Gasteiger partial charge < -0.3 is 197 Å². The topological polar surface area (TPSA) is 715 Å². The molecule has 30 fully saturated rings. The maximum Gasteiger partial charge on any atom is 0.187 e. The largest absolute Gasteiger partial charge is 0.744 e. The van der Waals surface area contributed by atoms with Crippen LogP contribution in [0.1, 0.15) is 11.1 Å². The fourth-order valence-corrected chi connectivity index (χ4v) is 15.8. The summed E-state index contributed by atoms with van der Waals surface area (Å²) in [5, 5.41) is 250. The molecule has 30 aliphatic heterocycles. The van der Waals surface area contributed by atoms with Gasteiger partial charge in [0.05, 0.1) is 49.4 Å². The molecule has 22 N–H and O–H groups in total. The lowest BCUT2D eigenvalue weighted by Crippen LogP contribution is -2.69. The minimum Gasteiger partial charge on any atom is -0.744 e. The normalized spacial score (nSPS) is 43.6. The summed E-state index contributed by atoms with van der Waals surface area (Å²) >= 11 is 0. The molecule has 120 heavy (non-hydrogen) atoms. The van der Waals surface area contributed by atoms with Crippen molar-refractivity contribution >= 4 is 20.2 Å². The van der Waals surface area contributed by atoms with Crippen molar-refractivity contribution < 1.29 is 223 Å². The van der Waals surface area contributed by atoms with Crippen LogP contribution in [0, 0.1) is 13.8 Å². The van der Waals surface area contributed by atoms with Gasteiger partial charge in [0.25, 0.3) is 0 Å². The van der Waals surface area contributed by atoms with Gasteiger partial charge in [0.2, 0.25) is 0 Å². The summed E-state index contributed by atoms with van der Waals surface area (Å²) in [4.78, 5) is -0.355. The van der Waals surface area contributed by atoms with Crippen molar-refractivity contribution in [1.29, 1.82) is 0 Å². The Morgan fingerprint density at radius 2 is 0.408 bits per heavy atom. The lowest BCUT2D eigenvalue weighted by molar-refractivity contribution is -0.707. The predicted octanol–water partition coefficient (Wildman–Crippen LogP) is -13.6. The molecule has 30 aliphatic rings. The van der Waals surface area contributed by atoms with E-state index in [2.05, 4.69) is 0 Å². The van der Waals surface area contributed by atoms with Gasteiger partial charge in [-0.1, -0.05) is 47.5 Å². The highest BCUT2D eigenvalue weighted by atomic mass is 32.2. The van der Waals surface area contributed by atoms with Crippen molar-refractivity contribution in [2.75, 3.05) is 39.6 Å². The van der Waals surface area contributed by atoms with Gasteiger partial charge in [-0.05, 0) is 38.1 Å². The molecule has 0 amide bonds. The third-order valence-electron chi connectivity index (χ3n) is 21.5. The lowest BCUT2D eigenvalue weighted by atomic mass is 9.94. The first kappa shape index (κ1) is 95.7. The SMILES string of the molecule is Cc1ccc(S(=O)(=O)[O-])cc1.Cc1ccc(S(=O)(=O)[O-])cc1.OC[C@@H]1O[C@@H]2O[C@H]3[C@H](O)[C@@H](O)[C@@H](O[C@H]4[C@H](O)[C@@H](O)[C@@H](O[C@H]5[C@H](O)[C@@H](O)[C@@H](O[C@H]6[C@H](O)[C@@H](O)[C@@H](O[C@H]7[C@@H](O)[C@@H](O)[C@@H](O[C@H]8[C@@H](O)[C@H](O)[C@@H](O[C@H]9[C@H](O)[C@@H](O)[C@@H](O[C@H]1[C@H](O)[C@H]2O)O[C@@H]9CO)O[C@@H]8CO)O[C@@H]7C[n+]1ccccc1)O[C@@H]6CO)O[C@@H]5C[n+]1ccccc1)O[C@H]4CO)O[C@@H]3CO. The Morgan fingerprint density at radius 3 is 0.567 bits per heavy atom. The number of ether oxygens (including phenoxy) is 16. The average molecular weight is 1760 g/mol. The van der Waals surface area contributed by atoms with Gasteiger partial charge in [0.15, 0.2) is 88.2 Å². The van der Waals surface area contributed by atoms with Gasteiger partial charge in [0, 0.05) is 24.3 Å². The zero-order valence-corrected chi connectivity index (χ0v) is 65.3. The molecule has 48 heteroatoms. The molecule has 46 nitrogen and oxygen atoms in total. The molecule has 676 valence electrons. The Bertz CT molecular complexity index is 3910. The van der Waals surface area contributed by atoms with Crippen LogP contribution < -0.4 is 9.13 Å². The Balaban J connectivity index is 0.000000554. The van der Waals surface area contributed by atoms with Crippen LogP contribution in [0.25, 0.3) is 0 Å². The number of aliphatic hydroxyl groups excluding tert-OH is 22. The molecule has 0 aliphatic carbocycles. The summed E-state index contributed by atoms with van der Waals surface area (Å²) in [5.74, 6) is 0. The fourth-order valence-electron chi connectivity index (χ4n) is 14.8. The number of hydrogen-bond donors (Lipinski definition) is 22. The third kappa shape index (κ3) is 21.8. The van der Waals surface area contributed by atoms with Crippen molar-refractivity contribution in [3.05, 3.63) is 121 Å². The van der Waals surface area contributed by atoms with Crippen molar-refractivity contribution in [1.82, 2.24) is 0 Å². The standard InChI is InChI=1S/C58H88N2O38.2C7H8O3S/c61-13-21-45-29(69)37(77)53(85-21)91-43-19(11-59-7-3-1-4-8-59)84-52(36(76)28(43)68)94-46-22(14-62)87-55(39(79)31(46)71)96-48-24(16-64)89-57(41(81)33(48)73)98-50-26(18-66)90-58(42(82)34(50)74)97-49-25(17-65)88-56(40(80)32(49)72)95-47-23(15-63)86-54(38(78)30(47)70)92-44-20(12-60-9-5-2-6-10-60)83-51(93-45)35(75)27(44)67;2*1-6-2-4-7(5-3-6)11(8,9)10/h1-10,19-58,61-82H,11-18H2;2*2-5H,1H3,(H,8,9,10)/q+2;;/p-2/t19-,20-,21-,22-,23+,24-,25-,26+,27-,28+,29-,30-,31+,32-,33-,34-,35-,36-,37-,38-,39+,40-,41-,42-,43-,44-,45-,46-,47-,48-,49-,50-,51-,52-,53-,54-,55-,56-,57-,58-;;/m1../s1. The highest BCUT2D eigenvalue weighted by molar-refractivity contribution is 7.86. The quantitative estimate of drug-likeness (QED) is 0.0463. The first-order valence-corrected chi connectivity index (χ1v) is 40.7.